The van der Waals surface area contributed by atoms with Crippen molar-refractivity contribution in [3.8, 4) is 0 Å². The molecule has 0 fully saturated rings. The van der Waals surface area contributed by atoms with Crippen LogP contribution < -0.4 is 10.6 Å². The molecule has 3 N–H and O–H groups in total. The number of nitrogens with zero attached hydrogens (tertiary/aromatic N) is 1. The van der Waals surface area contributed by atoms with Gasteiger partial charge < -0.3 is 10.6 Å². The first-order valence-corrected chi connectivity index (χ1v) is 6.40. The van der Waals surface area contributed by atoms with Crippen LogP contribution in [0.25, 0.3) is 0 Å². The van der Waals surface area contributed by atoms with Gasteiger partial charge in [0.2, 0.25) is 0 Å². The van der Waals surface area contributed by atoms with Gasteiger partial charge in [-0.1, -0.05) is 0 Å². The van der Waals surface area contributed by atoms with Crippen LogP contribution in [0.3, 0.4) is 0 Å². The fraction of sp³-hybridized carbons (Fsp3) is 0.286. The zero-order valence-electron chi connectivity index (χ0n) is 10.7. The lowest BCUT2D eigenvalue weighted by Crippen LogP contribution is -2.26. The van der Waals surface area contributed by atoms with Crippen LogP contribution in [0, 0.1) is 0 Å². The highest BCUT2D eigenvalue weighted by atomic mass is 16.1. The number of amides is 1. The first-order valence-electron chi connectivity index (χ1n) is 6.40. The number of aromatic nitrogens is 2. The first kappa shape index (κ1) is 11.8. The molecule has 1 amide bonds. The Labute approximate surface area is 111 Å². The summed E-state index contributed by atoms with van der Waals surface area (Å²) in [4.78, 5) is 12.2. The van der Waals surface area contributed by atoms with Gasteiger partial charge >= 0.3 is 0 Å². The Bertz CT molecular complexity index is 591. The summed E-state index contributed by atoms with van der Waals surface area (Å²) in [5, 5.41) is 12.9. The largest absolute Gasteiger partial charge is 0.384 e. The smallest absolute Gasteiger partial charge is 0.251 e. The van der Waals surface area contributed by atoms with E-state index in [0.29, 0.717) is 5.56 Å². The lowest BCUT2D eigenvalue weighted by atomic mass is 10.1. The maximum atomic E-state index is 12.2. The number of rotatable bonds is 3. The summed E-state index contributed by atoms with van der Waals surface area (Å²) in [6.07, 6.45) is 4.49. The predicted molar refractivity (Wildman–Crippen MR) is 73.1 cm³/mol. The van der Waals surface area contributed by atoms with E-state index in [1.165, 1.54) is 5.56 Å². The van der Waals surface area contributed by atoms with Crippen LogP contribution in [-0.4, -0.2) is 22.6 Å². The molecule has 1 aliphatic heterocycles. The fourth-order valence-corrected chi connectivity index (χ4v) is 2.31. The van der Waals surface area contributed by atoms with Crippen molar-refractivity contribution in [1.82, 2.24) is 15.5 Å². The minimum atomic E-state index is -0.0578. The average Bonchev–Trinajstić information content (AvgIpc) is 3.09. The molecule has 0 aliphatic carbocycles. The van der Waals surface area contributed by atoms with Gasteiger partial charge in [0.1, 0.15) is 0 Å². The van der Waals surface area contributed by atoms with Gasteiger partial charge in [0, 0.05) is 29.6 Å². The number of hydrogen-bond donors (Lipinski definition) is 3. The Morgan fingerprint density at radius 3 is 3.16 bits per heavy atom. The molecule has 1 unspecified atom stereocenters. The van der Waals surface area contributed by atoms with Gasteiger partial charge in [-0.2, -0.15) is 5.10 Å². The van der Waals surface area contributed by atoms with Gasteiger partial charge in [-0.3, -0.25) is 9.89 Å². The maximum Gasteiger partial charge on any atom is 0.251 e. The molecule has 0 bridgehead atoms. The average molecular weight is 256 g/mol. The SMILES string of the molecule is CC(NC(=O)c1ccc2c(c1)CCN2)c1cn[nH]c1. The molecule has 5 heteroatoms. The van der Waals surface area contributed by atoms with E-state index in [1.807, 2.05) is 25.1 Å². The number of nitrogens with one attached hydrogen (secondary N) is 3. The van der Waals surface area contributed by atoms with Crippen LogP contribution in [0.2, 0.25) is 0 Å². The number of H-pyrrole nitrogens is 1. The van der Waals surface area contributed by atoms with Gasteiger partial charge in [-0.05, 0) is 37.1 Å². The van der Waals surface area contributed by atoms with E-state index >= 15 is 0 Å². The lowest BCUT2D eigenvalue weighted by Gasteiger charge is -2.12. The van der Waals surface area contributed by atoms with Crippen LogP contribution in [0.4, 0.5) is 5.69 Å². The highest BCUT2D eigenvalue weighted by Gasteiger charge is 2.15. The molecule has 0 spiro atoms. The van der Waals surface area contributed by atoms with Crippen molar-refractivity contribution >= 4 is 11.6 Å². The van der Waals surface area contributed by atoms with E-state index in [9.17, 15) is 4.79 Å². The van der Waals surface area contributed by atoms with E-state index in [-0.39, 0.29) is 11.9 Å². The summed E-state index contributed by atoms with van der Waals surface area (Å²) in [5.74, 6) is -0.0524. The molecule has 1 aromatic heterocycles. The molecule has 19 heavy (non-hydrogen) atoms. The second kappa shape index (κ2) is 4.76. The molecule has 1 aromatic carbocycles. The van der Waals surface area contributed by atoms with Gasteiger partial charge in [0.15, 0.2) is 0 Å². The quantitative estimate of drug-likeness (QED) is 0.785. The van der Waals surface area contributed by atoms with Crippen molar-refractivity contribution in [1.29, 1.82) is 0 Å². The third-order valence-corrected chi connectivity index (χ3v) is 3.44. The number of hydrogen-bond acceptors (Lipinski definition) is 3. The summed E-state index contributed by atoms with van der Waals surface area (Å²) >= 11 is 0. The minimum absolute atomic E-state index is 0.0524. The Morgan fingerprint density at radius 1 is 1.47 bits per heavy atom. The Hall–Kier alpha value is -2.30. The second-order valence-electron chi connectivity index (χ2n) is 4.78. The van der Waals surface area contributed by atoms with Crippen molar-refractivity contribution in [2.24, 2.45) is 0 Å². The van der Waals surface area contributed by atoms with E-state index in [2.05, 4.69) is 20.8 Å². The molecule has 0 saturated heterocycles. The van der Waals surface area contributed by atoms with E-state index in [1.54, 1.807) is 12.4 Å². The third-order valence-electron chi connectivity index (χ3n) is 3.44. The number of carbonyl (C=O) groups is 1. The highest BCUT2D eigenvalue weighted by Crippen LogP contribution is 2.23. The van der Waals surface area contributed by atoms with Crippen molar-refractivity contribution < 1.29 is 4.79 Å². The molecule has 1 atom stereocenters. The number of fused-ring (bicyclic) bond motifs is 1. The normalized spacial score (nSPS) is 14.6. The number of carbonyl (C=O) groups excluding carboxylic acids is 1. The van der Waals surface area contributed by atoms with Crippen LogP contribution >= 0.6 is 0 Å². The monoisotopic (exact) mass is 256 g/mol. The molecule has 2 aromatic rings. The van der Waals surface area contributed by atoms with Crippen molar-refractivity contribution in [2.45, 2.75) is 19.4 Å². The van der Waals surface area contributed by atoms with Crippen molar-refractivity contribution in [3.63, 3.8) is 0 Å². The maximum absolute atomic E-state index is 12.2. The molecular formula is C14H16N4O. The van der Waals surface area contributed by atoms with Gasteiger partial charge in [0.05, 0.1) is 12.2 Å². The predicted octanol–water partition coefficient (Wildman–Crippen LogP) is 1.87. The van der Waals surface area contributed by atoms with Crippen LogP contribution in [0.15, 0.2) is 30.6 Å². The molecule has 0 saturated carbocycles. The van der Waals surface area contributed by atoms with E-state index in [4.69, 9.17) is 0 Å². The van der Waals surface area contributed by atoms with Crippen LogP contribution in [-0.2, 0) is 6.42 Å². The number of anilines is 1. The molecule has 1 aliphatic rings. The Morgan fingerprint density at radius 2 is 2.37 bits per heavy atom. The molecule has 5 nitrogen and oxygen atoms in total. The standard InChI is InChI=1S/C14H16N4O/c1-9(12-7-16-17-8-12)18-14(19)11-2-3-13-10(6-11)4-5-15-13/h2-3,6-9,15H,4-5H2,1H3,(H,16,17)(H,18,19). The van der Waals surface area contributed by atoms with Gasteiger partial charge in [-0.25, -0.2) is 0 Å². The Kier molecular flexibility index (Phi) is 2.95. The fourth-order valence-electron chi connectivity index (χ4n) is 2.31. The van der Waals surface area contributed by atoms with E-state index in [0.717, 1.165) is 24.2 Å². The Balaban J connectivity index is 1.74. The van der Waals surface area contributed by atoms with Gasteiger partial charge in [-0.15, -0.1) is 0 Å². The summed E-state index contributed by atoms with van der Waals surface area (Å²) in [5.41, 5.74) is 4.03. The molecule has 3 rings (SSSR count). The van der Waals surface area contributed by atoms with Crippen LogP contribution in [0.5, 0.6) is 0 Å². The van der Waals surface area contributed by atoms with Gasteiger partial charge in [0.25, 0.3) is 5.91 Å². The topological polar surface area (TPSA) is 69.8 Å². The molecule has 2 heterocycles. The lowest BCUT2D eigenvalue weighted by molar-refractivity contribution is 0.0940. The van der Waals surface area contributed by atoms with Crippen molar-refractivity contribution in [3.05, 3.63) is 47.3 Å². The molecular weight excluding hydrogens is 240 g/mol. The summed E-state index contributed by atoms with van der Waals surface area (Å²) in [7, 11) is 0. The zero-order valence-corrected chi connectivity index (χ0v) is 10.7. The summed E-state index contributed by atoms with van der Waals surface area (Å²) in [6.45, 7) is 2.89. The number of aromatic amines is 1. The number of benzene rings is 1. The highest BCUT2D eigenvalue weighted by molar-refractivity contribution is 5.95. The summed E-state index contributed by atoms with van der Waals surface area (Å²) in [6, 6.07) is 5.74. The second-order valence-corrected chi connectivity index (χ2v) is 4.78. The molecule has 0 radical (unpaired) electrons. The first-order chi connectivity index (χ1) is 9.24. The zero-order chi connectivity index (χ0) is 13.2. The summed E-state index contributed by atoms with van der Waals surface area (Å²) < 4.78 is 0. The van der Waals surface area contributed by atoms with Crippen molar-refractivity contribution in [2.75, 3.05) is 11.9 Å². The molecule has 98 valence electrons. The van der Waals surface area contributed by atoms with E-state index < -0.39 is 0 Å². The third kappa shape index (κ3) is 2.31. The van der Waals surface area contributed by atoms with Crippen LogP contribution in [0.1, 0.15) is 34.5 Å². The minimum Gasteiger partial charge on any atom is -0.384 e.